The second kappa shape index (κ2) is 4.67. The summed E-state index contributed by atoms with van der Waals surface area (Å²) in [5.74, 6) is 1.59. The number of nitrogens with zero attached hydrogens (tertiary/aromatic N) is 2. The Morgan fingerprint density at radius 3 is 2.59 bits per heavy atom. The Morgan fingerprint density at radius 1 is 1.29 bits per heavy atom. The van der Waals surface area contributed by atoms with E-state index in [9.17, 15) is 0 Å². The van der Waals surface area contributed by atoms with Crippen LogP contribution in [0.15, 0.2) is 30.5 Å². The van der Waals surface area contributed by atoms with E-state index in [0.29, 0.717) is 22.3 Å². The van der Waals surface area contributed by atoms with Gasteiger partial charge in [-0.05, 0) is 26.0 Å². The molecular formula is C12H14ClN3O. The van der Waals surface area contributed by atoms with Crippen molar-refractivity contribution in [1.82, 2.24) is 9.78 Å². The summed E-state index contributed by atoms with van der Waals surface area (Å²) < 4.78 is 7.33. The molecule has 4 nitrogen and oxygen atoms in total. The van der Waals surface area contributed by atoms with Crippen molar-refractivity contribution in [2.24, 2.45) is 0 Å². The molecule has 0 aliphatic rings. The lowest BCUT2D eigenvalue weighted by atomic mass is 10.3. The average molecular weight is 252 g/mol. The number of benzene rings is 1. The first-order chi connectivity index (χ1) is 8.09. The third kappa shape index (κ3) is 2.36. The molecule has 90 valence electrons. The molecule has 0 aliphatic heterocycles. The minimum absolute atomic E-state index is 0.193. The SMILES string of the molecule is CC(C)n1ncc(Oc2ccccc2Cl)c1N. The molecule has 5 heteroatoms. The fourth-order valence-electron chi connectivity index (χ4n) is 1.49. The fraction of sp³-hybridized carbons (Fsp3) is 0.250. The maximum atomic E-state index is 6.00. The third-order valence-corrected chi connectivity index (χ3v) is 2.66. The zero-order valence-corrected chi connectivity index (χ0v) is 10.5. The molecule has 2 rings (SSSR count). The molecule has 1 aromatic heterocycles. The lowest BCUT2D eigenvalue weighted by Crippen LogP contribution is -2.06. The Labute approximate surface area is 105 Å². The summed E-state index contributed by atoms with van der Waals surface area (Å²) in [5.41, 5.74) is 5.93. The Balaban J connectivity index is 2.28. The second-order valence-corrected chi connectivity index (χ2v) is 4.37. The number of hydrogen-bond donors (Lipinski definition) is 1. The smallest absolute Gasteiger partial charge is 0.189 e. The number of rotatable bonds is 3. The molecule has 0 unspecified atom stereocenters. The van der Waals surface area contributed by atoms with Crippen LogP contribution in [0, 0.1) is 0 Å². The number of para-hydroxylation sites is 1. The lowest BCUT2D eigenvalue weighted by Gasteiger charge is -2.09. The van der Waals surface area contributed by atoms with Crippen molar-refractivity contribution in [3.05, 3.63) is 35.5 Å². The van der Waals surface area contributed by atoms with Gasteiger partial charge in [0.1, 0.15) is 5.75 Å². The van der Waals surface area contributed by atoms with Crippen molar-refractivity contribution in [2.45, 2.75) is 19.9 Å². The van der Waals surface area contributed by atoms with E-state index >= 15 is 0 Å². The Morgan fingerprint density at radius 2 is 2.00 bits per heavy atom. The van der Waals surface area contributed by atoms with Gasteiger partial charge in [0.2, 0.25) is 0 Å². The van der Waals surface area contributed by atoms with E-state index in [4.69, 9.17) is 22.1 Å². The van der Waals surface area contributed by atoms with Gasteiger partial charge < -0.3 is 10.5 Å². The van der Waals surface area contributed by atoms with Crippen LogP contribution in [0.1, 0.15) is 19.9 Å². The van der Waals surface area contributed by atoms with Crippen LogP contribution in [0.3, 0.4) is 0 Å². The molecule has 1 aromatic carbocycles. The van der Waals surface area contributed by atoms with Gasteiger partial charge in [-0.1, -0.05) is 23.7 Å². The molecule has 0 radical (unpaired) electrons. The van der Waals surface area contributed by atoms with Gasteiger partial charge in [-0.3, -0.25) is 0 Å². The summed E-state index contributed by atoms with van der Waals surface area (Å²) in [6.45, 7) is 4.01. The van der Waals surface area contributed by atoms with Crippen LogP contribution in [0.5, 0.6) is 11.5 Å². The summed E-state index contributed by atoms with van der Waals surface area (Å²) in [6.07, 6.45) is 1.60. The van der Waals surface area contributed by atoms with Crippen molar-refractivity contribution in [3.8, 4) is 11.5 Å². The zero-order valence-electron chi connectivity index (χ0n) is 9.72. The molecule has 17 heavy (non-hydrogen) atoms. The highest BCUT2D eigenvalue weighted by molar-refractivity contribution is 6.32. The highest BCUT2D eigenvalue weighted by Gasteiger charge is 2.12. The van der Waals surface area contributed by atoms with Crippen LogP contribution in [0.25, 0.3) is 0 Å². The van der Waals surface area contributed by atoms with Crippen molar-refractivity contribution in [1.29, 1.82) is 0 Å². The molecule has 0 amide bonds. The summed E-state index contributed by atoms with van der Waals surface area (Å²) in [7, 11) is 0. The largest absolute Gasteiger partial charge is 0.450 e. The topological polar surface area (TPSA) is 53.1 Å². The first-order valence-electron chi connectivity index (χ1n) is 5.35. The Kier molecular flexibility index (Phi) is 3.24. The van der Waals surface area contributed by atoms with E-state index in [0.717, 1.165) is 0 Å². The predicted molar refractivity (Wildman–Crippen MR) is 68.6 cm³/mol. The number of nitrogens with two attached hydrogens (primary N) is 1. The normalized spacial score (nSPS) is 10.8. The van der Waals surface area contributed by atoms with Crippen LogP contribution in [0.2, 0.25) is 5.02 Å². The average Bonchev–Trinajstić information content (AvgIpc) is 2.64. The van der Waals surface area contributed by atoms with Gasteiger partial charge in [-0.2, -0.15) is 5.10 Å². The first kappa shape index (κ1) is 11.8. The standard InChI is InChI=1S/C12H14ClN3O/c1-8(2)16-12(14)11(7-15-16)17-10-6-4-3-5-9(10)13/h3-8H,14H2,1-2H3. The van der Waals surface area contributed by atoms with Gasteiger partial charge in [0, 0.05) is 6.04 Å². The minimum atomic E-state index is 0.193. The van der Waals surface area contributed by atoms with Crippen molar-refractivity contribution < 1.29 is 4.74 Å². The number of ether oxygens (including phenoxy) is 1. The van der Waals surface area contributed by atoms with E-state index in [1.807, 2.05) is 26.0 Å². The van der Waals surface area contributed by atoms with E-state index in [1.54, 1.807) is 23.0 Å². The molecule has 2 N–H and O–H groups in total. The van der Waals surface area contributed by atoms with E-state index < -0.39 is 0 Å². The molecule has 0 spiro atoms. The zero-order chi connectivity index (χ0) is 12.4. The quantitative estimate of drug-likeness (QED) is 0.909. The highest BCUT2D eigenvalue weighted by atomic mass is 35.5. The molecule has 0 saturated carbocycles. The van der Waals surface area contributed by atoms with E-state index in [1.165, 1.54) is 0 Å². The molecule has 0 saturated heterocycles. The summed E-state index contributed by atoms with van der Waals surface area (Å²) in [5, 5.41) is 4.71. The van der Waals surface area contributed by atoms with Crippen molar-refractivity contribution in [3.63, 3.8) is 0 Å². The van der Waals surface area contributed by atoms with Gasteiger partial charge in [-0.15, -0.1) is 0 Å². The number of hydrogen-bond acceptors (Lipinski definition) is 3. The summed E-state index contributed by atoms with van der Waals surface area (Å²) >= 11 is 6.00. The monoisotopic (exact) mass is 251 g/mol. The molecule has 0 atom stereocenters. The van der Waals surface area contributed by atoms with Crippen LogP contribution in [0.4, 0.5) is 5.82 Å². The van der Waals surface area contributed by atoms with Gasteiger partial charge >= 0.3 is 0 Å². The lowest BCUT2D eigenvalue weighted by molar-refractivity contribution is 0.482. The highest BCUT2D eigenvalue weighted by Crippen LogP contribution is 2.32. The maximum absolute atomic E-state index is 6.00. The Bertz CT molecular complexity index is 522. The molecule has 2 aromatic rings. The van der Waals surface area contributed by atoms with Crippen LogP contribution in [-0.2, 0) is 0 Å². The maximum Gasteiger partial charge on any atom is 0.189 e. The van der Waals surface area contributed by atoms with Gasteiger partial charge in [0.15, 0.2) is 11.6 Å². The van der Waals surface area contributed by atoms with Crippen LogP contribution >= 0.6 is 11.6 Å². The number of nitrogen functional groups attached to an aromatic ring is 1. The van der Waals surface area contributed by atoms with Crippen molar-refractivity contribution in [2.75, 3.05) is 5.73 Å². The number of anilines is 1. The third-order valence-electron chi connectivity index (χ3n) is 2.34. The van der Waals surface area contributed by atoms with E-state index in [2.05, 4.69) is 5.10 Å². The Hall–Kier alpha value is -1.68. The fourth-order valence-corrected chi connectivity index (χ4v) is 1.67. The van der Waals surface area contributed by atoms with Gasteiger partial charge in [0.05, 0.1) is 11.2 Å². The molecule has 0 aliphatic carbocycles. The summed E-state index contributed by atoms with van der Waals surface area (Å²) in [4.78, 5) is 0. The molecular weight excluding hydrogens is 238 g/mol. The predicted octanol–water partition coefficient (Wildman–Crippen LogP) is 3.49. The summed E-state index contributed by atoms with van der Waals surface area (Å²) in [6, 6.07) is 7.44. The first-order valence-corrected chi connectivity index (χ1v) is 5.72. The number of halogens is 1. The van der Waals surface area contributed by atoms with Crippen LogP contribution < -0.4 is 10.5 Å². The van der Waals surface area contributed by atoms with E-state index in [-0.39, 0.29) is 6.04 Å². The number of aromatic nitrogens is 2. The van der Waals surface area contributed by atoms with Crippen LogP contribution in [-0.4, -0.2) is 9.78 Å². The molecule has 0 fully saturated rings. The molecule has 1 heterocycles. The minimum Gasteiger partial charge on any atom is -0.450 e. The van der Waals surface area contributed by atoms with Gasteiger partial charge in [-0.25, -0.2) is 4.68 Å². The van der Waals surface area contributed by atoms with Crippen molar-refractivity contribution >= 4 is 17.4 Å². The second-order valence-electron chi connectivity index (χ2n) is 3.96. The van der Waals surface area contributed by atoms with Gasteiger partial charge in [0.25, 0.3) is 0 Å². The molecule has 0 bridgehead atoms.